The number of halogens is 3. The molecule has 120 valence electrons. The number of nitrogens with one attached hydrogen (secondary N) is 1. The van der Waals surface area contributed by atoms with E-state index in [2.05, 4.69) is 11.8 Å². The molecular formula is C16H18F3NO2. The molecule has 0 unspecified atom stereocenters. The minimum atomic E-state index is -4.84. The smallest absolute Gasteiger partial charge is 0.378 e. The van der Waals surface area contributed by atoms with Crippen molar-refractivity contribution in [2.45, 2.75) is 38.5 Å². The molecule has 22 heavy (non-hydrogen) atoms. The Labute approximate surface area is 127 Å². The first-order chi connectivity index (χ1) is 10.1. The minimum absolute atomic E-state index is 0.0437. The third-order valence-corrected chi connectivity index (χ3v) is 2.62. The number of aliphatic hydroxyl groups is 1. The molecule has 1 amide bonds. The monoisotopic (exact) mass is 313 g/mol. The normalized spacial score (nSPS) is 11.5. The van der Waals surface area contributed by atoms with Gasteiger partial charge in [-0.2, -0.15) is 13.2 Å². The number of hydrogen-bond acceptors (Lipinski definition) is 2. The number of carbonyl (C=O) groups is 1. The van der Waals surface area contributed by atoms with Crippen LogP contribution in [0.4, 0.5) is 13.2 Å². The Kier molecular flexibility index (Phi) is 6.01. The topological polar surface area (TPSA) is 49.3 Å². The zero-order chi connectivity index (χ0) is 16.8. The van der Waals surface area contributed by atoms with Crippen LogP contribution < -0.4 is 5.32 Å². The lowest BCUT2D eigenvalue weighted by Crippen LogP contribution is -2.37. The van der Waals surface area contributed by atoms with Crippen molar-refractivity contribution < 1.29 is 23.1 Å². The molecule has 0 aliphatic carbocycles. The Morgan fingerprint density at radius 2 is 2.00 bits per heavy atom. The molecule has 0 heterocycles. The second-order valence-corrected chi connectivity index (χ2v) is 5.37. The SMILES string of the molecule is CC(C)(O)C#Cc1cccc(CCCNC(=O)C(F)(F)F)c1. The maximum Gasteiger partial charge on any atom is 0.471 e. The number of rotatable bonds is 4. The summed E-state index contributed by atoms with van der Waals surface area (Å²) in [5.41, 5.74) is 0.542. The van der Waals surface area contributed by atoms with Gasteiger partial charge in [0, 0.05) is 12.1 Å². The van der Waals surface area contributed by atoms with Crippen LogP contribution in [0.15, 0.2) is 24.3 Å². The third-order valence-electron chi connectivity index (χ3n) is 2.62. The molecule has 0 bridgehead atoms. The van der Waals surface area contributed by atoms with Crippen molar-refractivity contribution in [2.24, 2.45) is 0 Å². The second kappa shape index (κ2) is 7.32. The van der Waals surface area contributed by atoms with E-state index >= 15 is 0 Å². The zero-order valence-corrected chi connectivity index (χ0v) is 12.4. The predicted molar refractivity (Wildman–Crippen MR) is 77.0 cm³/mol. The summed E-state index contributed by atoms with van der Waals surface area (Å²) < 4.78 is 36.0. The lowest BCUT2D eigenvalue weighted by atomic mass is 10.1. The molecule has 0 aliphatic rings. The molecule has 3 nitrogen and oxygen atoms in total. The van der Waals surface area contributed by atoms with Crippen LogP contribution in [0.1, 0.15) is 31.4 Å². The zero-order valence-electron chi connectivity index (χ0n) is 12.4. The third kappa shape index (κ3) is 7.14. The molecule has 0 aliphatic heterocycles. The van der Waals surface area contributed by atoms with Crippen molar-refractivity contribution in [2.75, 3.05) is 6.54 Å². The van der Waals surface area contributed by atoms with Crippen LogP contribution in [0.25, 0.3) is 0 Å². The standard InChI is InChI=1S/C16H18F3NO2/c1-15(2,22)9-8-13-6-3-5-12(11-13)7-4-10-20-14(21)16(17,18)19/h3,5-6,11,22H,4,7,10H2,1-2H3,(H,20,21). The van der Waals surface area contributed by atoms with Gasteiger partial charge in [0.15, 0.2) is 0 Å². The summed E-state index contributed by atoms with van der Waals surface area (Å²) in [5, 5.41) is 11.4. The molecule has 0 saturated carbocycles. The van der Waals surface area contributed by atoms with E-state index in [1.165, 1.54) is 0 Å². The van der Waals surface area contributed by atoms with E-state index in [1.54, 1.807) is 26.0 Å². The van der Waals surface area contributed by atoms with Crippen molar-refractivity contribution in [3.05, 3.63) is 35.4 Å². The summed E-state index contributed by atoms with van der Waals surface area (Å²) in [4.78, 5) is 10.6. The predicted octanol–water partition coefficient (Wildman–Crippen LogP) is 2.42. The van der Waals surface area contributed by atoms with Gasteiger partial charge < -0.3 is 10.4 Å². The van der Waals surface area contributed by atoms with Crippen LogP contribution in [0, 0.1) is 11.8 Å². The fraction of sp³-hybridized carbons (Fsp3) is 0.438. The summed E-state index contributed by atoms with van der Waals surface area (Å²) in [6, 6.07) is 7.22. The molecule has 1 rings (SSSR count). The number of amides is 1. The van der Waals surface area contributed by atoms with E-state index in [4.69, 9.17) is 0 Å². The molecule has 6 heteroatoms. The summed E-state index contributed by atoms with van der Waals surface area (Å²) in [5.74, 6) is 3.60. The Bertz CT molecular complexity index is 578. The second-order valence-electron chi connectivity index (χ2n) is 5.37. The molecule has 0 radical (unpaired) electrons. The Morgan fingerprint density at radius 1 is 1.32 bits per heavy atom. The lowest BCUT2D eigenvalue weighted by molar-refractivity contribution is -0.173. The van der Waals surface area contributed by atoms with Gasteiger partial charge in [-0.3, -0.25) is 4.79 Å². The van der Waals surface area contributed by atoms with E-state index in [0.717, 1.165) is 11.1 Å². The van der Waals surface area contributed by atoms with Crippen molar-refractivity contribution in [1.29, 1.82) is 0 Å². The molecule has 0 saturated heterocycles. The summed E-state index contributed by atoms with van der Waals surface area (Å²) >= 11 is 0. The first kappa shape index (κ1) is 18.1. The molecule has 1 aromatic carbocycles. The Hall–Kier alpha value is -2.00. The molecule has 0 atom stereocenters. The van der Waals surface area contributed by atoms with E-state index in [9.17, 15) is 23.1 Å². The summed E-state index contributed by atoms with van der Waals surface area (Å²) in [6.07, 6.45) is -3.92. The molecule has 1 aromatic rings. The van der Waals surface area contributed by atoms with Gasteiger partial charge in [-0.25, -0.2) is 0 Å². The first-order valence-corrected chi connectivity index (χ1v) is 6.77. The quantitative estimate of drug-likeness (QED) is 0.662. The van der Waals surface area contributed by atoms with Crippen molar-refractivity contribution in [3.8, 4) is 11.8 Å². The average molecular weight is 313 g/mol. The van der Waals surface area contributed by atoms with Crippen LogP contribution in [-0.4, -0.2) is 29.3 Å². The Morgan fingerprint density at radius 3 is 2.59 bits per heavy atom. The number of hydrogen-bond donors (Lipinski definition) is 2. The maximum atomic E-state index is 12.0. The summed E-state index contributed by atoms with van der Waals surface area (Å²) in [7, 11) is 0. The first-order valence-electron chi connectivity index (χ1n) is 6.77. The van der Waals surface area contributed by atoms with Crippen LogP contribution in [0.5, 0.6) is 0 Å². The van der Waals surface area contributed by atoms with Gasteiger partial charge in [-0.05, 0) is 44.4 Å². The maximum absolute atomic E-state index is 12.0. The van der Waals surface area contributed by atoms with Crippen LogP contribution in [0.2, 0.25) is 0 Å². The molecule has 0 aromatic heterocycles. The molecule has 0 spiro atoms. The van der Waals surface area contributed by atoms with Gasteiger partial charge in [-0.15, -0.1) is 0 Å². The molecular weight excluding hydrogens is 295 g/mol. The number of benzene rings is 1. The number of alkyl halides is 3. The van der Waals surface area contributed by atoms with E-state index in [0.29, 0.717) is 12.8 Å². The van der Waals surface area contributed by atoms with Gasteiger partial charge in [0.1, 0.15) is 5.60 Å². The minimum Gasteiger partial charge on any atom is -0.378 e. The summed E-state index contributed by atoms with van der Waals surface area (Å²) in [6.45, 7) is 3.11. The van der Waals surface area contributed by atoms with Gasteiger partial charge in [0.2, 0.25) is 0 Å². The van der Waals surface area contributed by atoms with Crippen molar-refractivity contribution in [3.63, 3.8) is 0 Å². The van der Waals surface area contributed by atoms with Gasteiger partial charge in [0.05, 0.1) is 0 Å². The lowest BCUT2D eigenvalue weighted by Gasteiger charge is -2.08. The molecule has 0 fully saturated rings. The van der Waals surface area contributed by atoms with Crippen LogP contribution in [-0.2, 0) is 11.2 Å². The van der Waals surface area contributed by atoms with Crippen LogP contribution in [0.3, 0.4) is 0 Å². The van der Waals surface area contributed by atoms with Crippen molar-refractivity contribution >= 4 is 5.91 Å². The van der Waals surface area contributed by atoms with E-state index < -0.39 is 17.7 Å². The fourth-order valence-corrected chi connectivity index (χ4v) is 1.62. The number of carbonyl (C=O) groups excluding carboxylic acids is 1. The highest BCUT2D eigenvalue weighted by molar-refractivity contribution is 5.81. The van der Waals surface area contributed by atoms with E-state index in [-0.39, 0.29) is 6.54 Å². The van der Waals surface area contributed by atoms with Gasteiger partial charge in [0.25, 0.3) is 0 Å². The highest BCUT2D eigenvalue weighted by Gasteiger charge is 2.38. The highest BCUT2D eigenvalue weighted by Crippen LogP contribution is 2.14. The van der Waals surface area contributed by atoms with Gasteiger partial charge in [-0.1, -0.05) is 24.0 Å². The van der Waals surface area contributed by atoms with Crippen molar-refractivity contribution in [1.82, 2.24) is 5.32 Å². The number of aryl methyl sites for hydroxylation is 1. The average Bonchev–Trinajstić information content (AvgIpc) is 2.40. The van der Waals surface area contributed by atoms with Gasteiger partial charge >= 0.3 is 12.1 Å². The largest absolute Gasteiger partial charge is 0.471 e. The molecule has 2 N–H and O–H groups in total. The van der Waals surface area contributed by atoms with Crippen LogP contribution >= 0.6 is 0 Å². The van der Waals surface area contributed by atoms with E-state index in [1.807, 2.05) is 17.4 Å². The fourth-order valence-electron chi connectivity index (χ4n) is 1.62. The highest BCUT2D eigenvalue weighted by atomic mass is 19.4. The Balaban J connectivity index is 2.51.